The van der Waals surface area contributed by atoms with Crippen molar-refractivity contribution < 1.29 is 9.90 Å². The second-order valence-electron chi connectivity index (χ2n) is 9.86. The molecule has 32 heavy (non-hydrogen) atoms. The molecule has 2 saturated carbocycles. The molecule has 2 aliphatic carbocycles. The number of nitrogens with one attached hydrogen (secondary N) is 1. The standard InChI is InChI=1S/C18H24N2O2.C10H12/c1-12-6-13(17(21)22)2-3-14(12)9-20-10-18(11-20)7-16(8-18)19-15-4-5-15;1-2-3-7-10-8-5-4-6-9-10/h2-3,6,15-16,19H,4-5,7-11H2,1H3,(H,21,22);3-9H,2H2,1H3/b;7-3-. The molecule has 1 heterocycles. The van der Waals surface area contributed by atoms with Crippen LogP contribution in [0.15, 0.2) is 54.6 Å². The molecule has 1 spiro atoms. The summed E-state index contributed by atoms with van der Waals surface area (Å²) in [4.78, 5) is 13.5. The van der Waals surface area contributed by atoms with Crippen LogP contribution in [0, 0.1) is 12.3 Å². The summed E-state index contributed by atoms with van der Waals surface area (Å²) in [5, 5.41) is 12.8. The number of likely N-dealkylation sites (tertiary alicyclic amines) is 1. The molecule has 0 aromatic heterocycles. The lowest BCUT2D eigenvalue weighted by atomic mass is 9.60. The summed E-state index contributed by atoms with van der Waals surface area (Å²) in [6.45, 7) is 7.51. The maximum atomic E-state index is 11.0. The highest BCUT2D eigenvalue weighted by Gasteiger charge is 2.52. The van der Waals surface area contributed by atoms with Crippen LogP contribution in [0.1, 0.15) is 66.1 Å². The molecular weight excluding hydrogens is 396 g/mol. The summed E-state index contributed by atoms with van der Waals surface area (Å²) in [5.74, 6) is -0.846. The molecular formula is C28H36N2O2. The van der Waals surface area contributed by atoms with E-state index in [1.807, 2.05) is 19.1 Å². The van der Waals surface area contributed by atoms with Crippen LogP contribution in [0.25, 0.3) is 6.08 Å². The Labute approximate surface area is 192 Å². The second kappa shape index (κ2) is 10.0. The summed E-state index contributed by atoms with van der Waals surface area (Å²) >= 11 is 0. The first-order valence-corrected chi connectivity index (χ1v) is 12.0. The van der Waals surface area contributed by atoms with Crippen molar-refractivity contribution in [2.24, 2.45) is 5.41 Å². The first-order chi connectivity index (χ1) is 15.5. The van der Waals surface area contributed by atoms with E-state index in [0.717, 1.165) is 30.6 Å². The van der Waals surface area contributed by atoms with E-state index < -0.39 is 5.97 Å². The number of hydrogen-bond acceptors (Lipinski definition) is 3. The van der Waals surface area contributed by atoms with Crippen LogP contribution in [-0.4, -0.2) is 41.1 Å². The van der Waals surface area contributed by atoms with Gasteiger partial charge in [-0.1, -0.05) is 55.5 Å². The van der Waals surface area contributed by atoms with Crippen LogP contribution in [0.5, 0.6) is 0 Å². The lowest BCUT2D eigenvalue weighted by molar-refractivity contribution is -0.0833. The zero-order chi connectivity index (χ0) is 22.6. The van der Waals surface area contributed by atoms with Crippen molar-refractivity contribution >= 4 is 12.0 Å². The highest BCUT2D eigenvalue weighted by molar-refractivity contribution is 5.87. The lowest BCUT2D eigenvalue weighted by Crippen LogP contribution is -2.65. The van der Waals surface area contributed by atoms with E-state index >= 15 is 0 Å². The van der Waals surface area contributed by atoms with Crippen molar-refractivity contribution in [1.29, 1.82) is 0 Å². The lowest BCUT2D eigenvalue weighted by Gasteiger charge is -2.59. The van der Waals surface area contributed by atoms with Gasteiger partial charge in [-0.3, -0.25) is 4.90 Å². The third-order valence-electron chi connectivity index (χ3n) is 6.85. The molecule has 3 fully saturated rings. The third kappa shape index (κ3) is 5.87. The van der Waals surface area contributed by atoms with Crippen LogP contribution in [-0.2, 0) is 6.54 Å². The SMILES string of the molecule is CC/C=C\c1ccccc1.Cc1cc(C(=O)O)ccc1CN1CC2(CC(NC3CC3)C2)C1. The van der Waals surface area contributed by atoms with Gasteiger partial charge in [-0.05, 0) is 73.3 Å². The number of aromatic carboxylic acids is 1. The molecule has 1 aliphatic heterocycles. The van der Waals surface area contributed by atoms with Gasteiger partial charge in [-0.25, -0.2) is 4.79 Å². The van der Waals surface area contributed by atoms with Crippen LogP contribution in [0.2, 0.25) is 0 Å². The van der Waals surface area contributed by atoms with Gasteiger partial charge in [0.2, 0.25) is 0 Å². The molecule has 0 amide bonds. The van der Waals surface area contributed by atoms with Gasteiger partial charge in [0.25, 0.3) is 0 Å². The van der Waals surface area contributed by atoms with Gasteiger partial charge < -0.3 is 10.4 Å². The van der Waals surface area contributed by atoms with Crippen molar-refractivity contribution in [1.82, 2.24) is 10.2 Å². The summed E-state index contributed by atoms with van der Waals surface area (Å²) < 4.78 is 0. The number of carbonyl (C=O) groups is 1. The van der Waals surface area contributed by atoms with Crippen molar-refractivity contribution in [3.63, 3.8) is 0 Å². The highest BCUT2D eigenvalue weighted by atomic mass is 16.4. The first kappa shape index (κ1) is 22.8. The van der Waals surface area contributed by atoms with E-state index in [2.05, 4.69) is 53.6 Å². The van der Waals surface area contributed by atoms with E-state index in [1.54, 1.807) is 12.1 Å². The Hall–Kier alpha value is -2.43. The van der Waals surface area contributed by atoms with Gasteiger partial charge in [-0.15, -0.1) is 0 Å². The van der Waals surface area contributed by atoms with Crippen LogP contribution in [0.4, 0.5) is 0 Å². The maximum absolute atomic E-state index is 11.0. The second-order valence-corrected chi connectivity index (χ2v) is 9.86. The van der Waals surface area contributed by atoms with Gasteiger partial charge >= 0.3 is 5.97 Å². The molecule has 2 aromatic rings. The Morgan fingerprint density at radius 1 is 1.12 bits per heavy atom. The molecule has 3 aliphatic rings. The number of carboxylic acid groups (broad SMARTS) is 1. The minimum Gasteiger partial charge on any atom is -0.478 e. The summed E-state index contributed by atoms with van der Waals surface area (Å²) in [6.07, 6.45) is 10.8. The molecule has 0 radical (unpaired) electrons. The Kier molecular flexibility index (Phi) is 7.12. The largest absolute Gasteiger partial charge is 0.478 e. The smallest absolute Gasteiger partial charge is 0.335 e. The number of rotatable bonds is 7. The average Bonchev–Trinajstić information content (AvgIpc) is 3.55. The molecule has 4 heteroatoms. The van der Waals surface area contributed by atoms with Crippen LogP contribution < -0.4 is 5.32 Å². The van der Waals surface area contributed by atoms with Gasteiger partial charge in [-0.2, -0.15) is 0 Å². The number of nitrogens with zero attached hydrogens (tertiary/aromatic N) is 1. The Morgan fingerprint density at radius 3 is 2.44 bits per heavy atom. The van der Waals surface area contributed by atoms with E-state index in [9.17, 15) is 4.79 Å². The van der Waals surface area contributed by atoms with E-state index in [1.165, 1.54) is 49.9 Å². The number of allylic oxidation sites excluding steroid dienone is 1. The van der Waals surface area contributed by atoms with Crippen LogP contribution in [0.3, 0.4) is 0 Å². The third-order valence-corrected chi connectivity index (χ3v) is 6.85. The van der Waals surface area contributed by atoms with Crippen molar-refractivity contribution in [3.8, 4) is 0 Å². The molecule has 0 atom stereocenters. The summed E-state index contributed by atoms with van der Waals surface area (Å²) in [6, 6.07) is 17.4. The van der Waals surface area contributed by atoms with E-state index in [0.29, 0.717) is 11.0 Å². The topological polar surface area (TPSA) is 52.6 Å². The minimum atomic E-state index is -0.846. The number of aryl methyl sites for hydroxylation is 1. The minimum absolute atomic E-state index is 0.384. The van der Waals surface area contributed by atoms with Crippen molar-refractivity contribution in [2.75, 3.05) is 13.1 Å². The maximum Gasteiger partial charge on any atom is 0.335 e. The number of hydrogen-bond donors (Lipinski definition) is 2. The molecule has 1 saturated heterocycles. The summed E-state index contributed by atoms with van der Waals surface area (Å²) in [7, 11) is 0. The molecule has 4 nitrogen and oxygen atoms in total. The fourth-order valence-corrected chi connectivity index (χ4v) is 5.02. The highest BCUT2D eigenvalue weighted by Crippen LogP contribution is 2.49. The predicted molar refractivity (Wildman–Crippen MR) is 131 cm³/mol. The monoisotopic (exact) mass is 432 g/mol. The van der Waals surface area contributed by atoms with Gasteiger partial charge in [0.1, 0.15) is 0 Å². The molecule has 170 valence electrons. The first-order valence-electron chi connectivity index (χ1n) is 12.0. The molecule has 0 bridgehead atoms. The fourth-order valence-electron chi connectivity index (χ4n) is 5.02. The zero-order valence-electron chi connectivity index (χ0n) is 19.4. The van der Waals surface area contributed by atoms with Gasteiger partial charge in [0, 0.05) is 31.7 Å². The average molecular weight is 433 g/mol. The van der Waals surface area contributed by atoms with Crippen molar-refractivity contribution in [3.05, 3.63) is 76.9 Å². The van der Waals surface area contributed by atoms with E-state index in [-0.39, 0.29) is 0 Å². The predicted octanol–water partition coefficient (Wildman–Crippen LogP) is 5.52. The number of benzene rings is 2. The normalized spacial score (nSPS) is 19.8. The Bertz CT molecular complexity index is 935. The molecule has 2 N–H and O–H groups in total. The van der Waals surface area contributed by atoms with Gasteiger partial charge in [0.05, 0.1) is 5.56 Å². The van der Waals surface area contributed by atoms with Crippen molar-refractivity contribution in [2.45, 2.75) is 64.6 Å². The molecule has 0 unspecified atom stereocenters. The zero-order valence-corrected chi connectivity index (χ0v) is 19.4. The van der Waals surface area contributed by atoms with Gasteiger partial charge in [0.15, 0.2) is 0 Å². The van der Waals surface area contributed by atoms with E-state index in [4.69, 9.17) is 5.11 Å². The fraction of sp³-hybridized carbons (Fsp3) is 0.464. The quantitative estimate of drug-likeness (QED) is 0.605. The summed E-state index contributed by atoms with van der Waals surface area (Å²) in [5.41, 5.74) is 4.59. The van der Waals surface area contributed by atoms with Crippen LogP contribution >= 0.6 is 0 Å². The molecule has 5 rings (SSSR count). The molecule has 2 aromatic carbocycles. The Morgan fingerprint density at radius 2 is 1.84 bits per heavy atom. The number of carboxylic acids is 1. The Balaban J connectivity index is 0.000000207.